The Bertz CT molecular complexity index is 681. The summed E-state index contributed by atoms with van der Waals surface area (Å²) in [5.74, 6) is 0.226. The Hall–Kier alpha value is -1.79. The van der Waals surface area contributed by atoms with Gasteiger partial charge in [0.15, 0.2) is 5.16 Å². The fourth-order valence-corrected chi connectivity index (χ4v) is 3.48. The van der Waals surface area contributed by atoms with Crippen molar-refractivity contribution in [2.75, 3.05) is 19.3 Å². The molecule has 2 unspecified atom stereocenters. The minimum absolute atomic E-state index is 0.0374. The summed E-state index contributed by atoms with van der Waals surface area (Å²) in [5.41, 5.74) is 1.68. The maximum absolute atomic E-state index is 12.6. The van der Waals surface area contributed by atoms with Crippen LogP contribution in [-0.4, -0.2) is 50.9 Å². The van der Waals surface area contributed by atoms with Gasteiger partial charge in [-0.3, -0.25) is 9.36 Å². The lowest BCUT2D eigenvalue weighted by atomic mass is 10.0. The van der Waals surface area contributed by atoms with Crippen LogP contribution in [0, 0.1) is 5.92 Å². The molecule has 0 bridgehead atoms. The van der Waals surface area contributed by atoms with E-state index in [0.717, 1.165) is 17.3 Å². The number of likely N-dealkylation sites (tertiary alicyclic amines) is 1. The summed E-state index contributed by atoms with van der Waals surface area (Å²) in [6.45, 7) is 3.15. The largest absolute Gasteiger partial charge is 0.393 e. The van der Waals surface area contributed by atoms with Crippen molar-refractivity contribution in [3.8, 4) is 5.69 Å². The molecule has 1 aromatic carbocycles. The molecule has 0 spiro atoms. The monoisotopic (exact) mass is 331 g/mol. The Morgan fingerprint density at radius 3 is 2.74 bits per heavy atom. The second-order valence-electron chi connectivity index (χ2n) is 5.87. The molecule has 0 radical (unpaired) electrons. The lowest BCUT2D eigenvalue weighted by Crippen LogP contribution is -2.30. The number of imidazole rings is 1. The summed E-state index contributed by atoms with van der Waals surface area (Å²) in [4.78, 5) is 18.7. The van der Waals surface area contributed by atoms with Crippen molar-refractivity contribution in [1.82, 2.24) is 14.5 Å². The number of benzene rings is 1. The molecule has 5 nitrogen and oxygen atoms in total. The predicted molar refractivity (Wildman–Crippen MR) is 91.0 cm³/mol. The minimum Gasteiger partial charge on any atom is -0.393 e. The van der Waals surface area contributed by atoms with Crippen molar-refractivity contribution in [1.29, 1.82) is 0 Å². The van der Waals surface area contributed by atoms with Crippen LogP contribution in [0.15, 0.2) is 41.8 Å². The molecule has 1 aliphatic rings. The number of thioether (sulfide) groups is 1. The fraction of sp³-hybridized carbons (Fsp3) is 0.412. The van der Waals surface area contributed by atoms with Gasteiger partial charge in [0.1, 0.15) is 0 Å². The van der Waals surface area contributed by atoms with E-state index in [1.165, 1.54) is 0 Å². The fourth-order valence-electron chi connectivity index (χ4n) is 2.95. The molecule has 2 heterocycles. The van der Waals surface area contributed by atoms with Crippen molar-refractivity contribution in [3.63, 3.8) is 0 Å². The highest BCUT2D eigenvalue weighted by Crippen LogP contribution is 2.23. The van der Waals surface area contributed by atoms with E-state index in [9.17, 15) is 9.90 Å². The predicted octanol–water partition coefficient (Wildman–Crippen LogP) is 2.44. The number of nitrogens with zero attached hydrogens (tertiary/aromatic N) is 3. The van der Waals surface area contributed by atoms with Crippen molar-refractivity contribution >= 4 is 17.7 Å². The van der Waals surface area contributed by atoms with Crippen LogP contribution < -0.4 is 0 Å². The van der Waals surface area contributed by atoms with Crippen molar-refractivity contribution in [2.24, 2.45) is 5.92 Å². The van der Waals surface area contributed by atoms with Crippen LogP contribution in [0.5, 0.6) is 0 Å². The van der Waals surface area contributed by atoms with E-state index in [4.69, 9.17) is 0 Å². The molecule has 0 saturated carbocycles. The lowest BCUT2D eigenvalue weighted by molar-refractivity contribution is 0.0762. The van der Waals surface area contributed by atoms with E-state index in [1.807, 2.05) is 46.2 Å². The Balaban J connectivity index is 1.74. The summed E-state index contributed by atoms with van der Waals surface area (Å²) in [5, 5.41) is 10.6. The van der Waals surface area contributed by atoms with Gasteiger partial charge in [-0.25, -0.2) is 4.98 Å². The Morgan fingerprint density at radius 1 is 1.39 bits per heavy atom. The normalized spacial score (nSPS) is 19.1. The van der Waals surface area contributed by atoms with Gasteiger partial charge in [-0.05, 0) is 43.9 Å². The van der Waals surface area contributed by atoms with Crippen molar-refractivity contribution in [2.45, 2.75) is 24.6 Å². The number of carbonyl (C=O) groups is 1. The average molecular weight is 331 g/mol. The highest BCUT2D eigenvalue weighted by molar-refractivity contribution is 7.98. The number of aliphatic hydroxyl groups excluding tert-OH is 1. The Kier molecular flexibility index (Phi) is 4.73. The summed E-state index contributed by atoms with van der Waals surface area (Å²) >= 11 is 1.58. The average Bonchev–Trinajstić information content (AvgIpc) is 3.23. The van der Waals surface area contributed by atoms with Crippen LogP contribution >= 0.6 is 11.8 Å². The summed E-state index contributed by atoms with van der Waals surface area (Å²) in [6.07, 6.45) is 6.18. The highest BCUT2D eigenvalue weighted by atomic mass is 32.2. The number of hydrogen-bond acceptors (Lipinski definition) is 4. The lowest BCUT2D eigenvalue weighted by Gasteiger charge is -2.18. The third-order valence-electron chi connectivity index (χ3n) is 4.38. The summed E-state index contributed by atoms with van der Waals surface area (Å²) in [7, 11) is 0. The number of amides is 1. The molecule has 1 amide bonds. The first-order valence-corrected chi connectivity index (χ1v) is 8.97. The van der Waals surface area contributed by atoms with Gasteiger partial charge in [-0.2, -0.15) is 0 Å². The minimum atomic E-state index is -0.360. The van der Waals surface area contributed by atoms with E-state index in [1.54, 1.807) is 24.9 Å². The van der Waals surface area contributed by atoms with Gasteiger partial charge in [0.25, 0.3) is 5.91 Å². The molecule has 1 aromatic heterocycles. The van der Waals surface area contributed by atoms with Gasteiger partial charge >= 0.3 is 0 Å². The number of carbonyl (C=O) groups excluding carboxylic acids is 1. The first kappa shape index (κ1) is 16.1. The SMILES string of the molecule is CSc1nccn1-c1ccc(C(=O)N2CCC(C(C)O)C2)cc1. The van der Waals surface area contributed by atoms with Crippen LogP contribution in [0.1, 0.15) is 23.7 Å². The molecule has 1 fully saturated rings. The van der Waals surface area contributed by atoms with Gasteiger partial charge in [0, 0.05) is 42.7 Å². The number of hydrogen-bond donors (Lipinski definition) is 1. The quantitative estimate of drug-likeness (QED) is 0.874. The van der Waals surface area contributed by atoms with E-state index >= 15 is 0 Å². The van der Waals surface area contributed by atoms with Gasteiger partial charge < -0.3 is 10.0 Å². The van der Waals surface area contributed by atoms with Crippen LogP contribution in [0.2, 0.25) is 0 Å². The molecule has 1 saturated heterocycles. The zero-order valence-electron chi connectivity index (χ0n) is 13.3. The maximum atomic E-state index is 12.6. The van der Waals surface area contributed by atoms with Crippen molar-refractivity contribution < 1.29 is 9.90 Å². The second kappa shape index (κ2) is 6.76. The zero-order chi connectivity index (χ0) is 16.4. The maximum Gasteiger partial charge on any atom is 0.253 e. The molecule has 1 aliphatic heterocycles. The second-order valence-corrected chi connectivity index (χ2v) is 6.64. The standard InChI is InChI=1S/C17H21N3O2S/c1-12(21)14-7-9-19(11-14)16(22)13-3-5-15(6-4-13)20-10-8-18-17(20)23-2/h3-6,8,10,12,14,21H,7,9,11H2,1-2H3. The van der Waals surface area contributed by atoms with Gasteiger partial charge in [0.2, 0.25) is 0 Å². The third-order valence-corrected chi connectivity index (χ3v) is 5.04. The Morgan fingerprint density at radius 2 is 2.13 bits per heavy atom. The topological polar surface area (TPSA) is 58.4 Å². The zero-order valence-corrected chi connectivity index (χ0v) is 14.2. The van der Waals surface area contributed by atoms with Crippen LogP contribution in [0.3, 0.4) is 0 Å². The van der Waals surface area contributed by atoms with Gasteiger partial charge in [-0.1, -0.05) is 11.8 Å². The third kappa shape index (κ3) is 3.28. The number of aliphatic hydroxyl groups is 1. The van der Waals surface area contributed by atoms with Crippen LogP contribution in [0.25, 0.3) is 5.69 Å². The molecule has 2 aromatic rings. The summed E-state index contributed by atoms with van der Waals surface area (Å²) < 4.78 is 2.00. The molecule has 1 N–H and O–H groups in total. The first-order valence-electron chi connectivity index (χ1n) is 7.75. The molecule has 23 heavy (non-hydrogen) atoms. The van der Waals surface area contributed by atoms with E-state index in [0.29, 0.717) is 18.7 Å². The molecule has 3 rings (SSSR count). The molecule has 2 atom stereocenters. The van der Waals surface area contributed by atoms with E-state index in [2.05, 4.69) is 4.98 Å². The van der Waals surface area contributed by atoms with E-state index in [-0.39, 0.29) is 17.9 Å². The van der Waals surface area contributed by atoms with Gasteiger partial charge in [0.05, 0.1) is 6.10 Å². The van der Waals surface area contributed by atoms with Crippen molar-refractivity contribution in [3.05, 3.63) is 42.2 Å². The molecular weight excluding hydrogens is 310 g/mol. The first-order chi connectivity index (χ1) is 11.1. The molecule has 6 heteroatoms. The number of aromatic nitrogens is 2. The molecule has 122 valence electrons. The summed E-state index contributed by atoms with van der Waals surface area (Å²) in [6, 6.07) is 7.60. The molecule has 0 aliphatic carbocycles. The van der Waals surface area contributed by atoms with E-state index < -0.39 is 0 Å². The number of rotatable bonds is 4. The van der Waals surface area contributed by atoms with Crippen LogP contribution in [-0.2, 0) is 0 Å². The smallest absolute Gasteiger partial charge is 0.253 e. The van der Waals surface area contributed by atoms with Crippen LogP contribution in [0.4, 0.5) is 0 Å². The molecular formula is C17H21N3O2S. The highest BCUT2D eigenvalue weighted by Gasteiger charge is 2.29. The van der Waals surface area contributed by atoms with Gasteiger partial charge in [-0.15, -0.1) is 0 Å². The Labute approximate surface area is 140 Å².